The first-order chi connectivity index (χ1) is 11.2. The zero-order chi connectivity index (χ0) is 15.8. The van der Waals surface area contributed by atoms with E-state index in [1.807, 2.05) is 16.8 Å². The number of H-pyrrole nitrogens is 1. The van der Waals surface area contributed by atoms with Gasteiger partial charge >= 0.3 is 0 Å². The molecule has 0 saturated carbocycles. The van der Waals surface area contributed by atoms with E-state index in [0.29, 0.717) is 18.7 Å². The lowest BCUT2D eigenvalue weighted by Gasteiger charge is -2.41. The van der Waals surface area contributed by atoms with Gasteiger partial charge in [-0.15, -0.1) is 0 Å². The van der Waals surface area contributed by atoms with Crippen molar-refractivity contribution in [2.75, 3.05) is 19.7 Å². The van der Waals surface area contributed by atoms with Crippen LogP contribution in [0.1, 0.15) is 16.8 Å². The van der Waals surface area contributed by atoms with Gasteiger partial charge in [-0.05, 0) is 17.9 Å². The summed E-state index contributed by atoms with van der Waals surface area (Å²) in [5.41, 5.74) is 2.26. The Morgan fingerprint density at radius 3 is 3.22 bits per heavy atom. The van der Waals surface area contributed by atoms with Crippen LogP contribution in [0.25, 0.3) is 11.3 Å². The lowest BCUT2D eigenvalue weighted by Crippen LogP contribution is -2.61. The van der Waals surface area contributed by atoms with Crippen molar-refractivity contribution in [3.63, 3.8) is 0 Å². The molecular formula is C15H16N4O3S. The van der Waals surface area contributed by atoms with Crippen LogP contribution in [0, 0.1) is 0 Å². The normalized spacial score (nSPS) is 24.2. The molecule has 120 valence electrons. The zero-order valence-electron chi connectivity index (χ0n) is 12.3. The third kappa shape index (κ3) is 2.64. The molecule has 0 bridgehead atoms. The molecule has 0 radical (unpaired) electrons. The van der Waals surface area contributed by atoms with Crippen molar-refractivity contribution >= 4 is 23.2 Å². The SMILES string of the molecule is O=C1CO[C@@H]2CCN(C(=O)c3cn[nH]c3-c3ccsc3)C[C@@H]2N1. The summed E-state index contributed by atoms with van der Waals surface area (Å²) in [5.74, 6) is -0.193. The monoisotopic (exact) mass is 332 g/mol. The topological polar surface area (TPSA) is 87.3 Å². The van der Waals surface area contributed by atoms with Gasteiger partial charge in [0, 0.05) is 24.0 Å². The van der Waals surface area contributed by atoms with Gasteiger partial charge in [0.1, 0.15) is 6.61 Å². The molecule has 2 aromatic heterocycles. The van der Waals surface area contributed by atoms with Gasteiger partial charge in [0.2, 0.25) is 5.91 Å². The summed E-state index contributed by atoms with van der Waals surface area (Å²) in [6, 6.07) is 1.82. The number of hydrogen-bond acceptors (Lipinski definition) is 5. The van der Waals surface area contributed by atoms with Gasteiger partial charge in [-0.1, -0.05) is 0 Å². The summed E-state index contributed by atoms with van der Waals surface area (Å²) in [6.07, 6.45) is 2.29. The van der Waals surface area contributed by atoms with E-state index >= 15 is 0 Å². The largest absolute Gasteiger partial charge is 0.366 e. The predicted octanol–water partition coefficient (Wildman–Crippen LogP) is 0.868. The first kappa shape index (κ1) is 14.4. The number of aromatic amines is 1. The number of morpholine rings is 1. The number of likely N-dealkylation sites (tertiary alicyclic amines) is 1. The highest BCUT2D eigenvalue weighted by Gasteiger charge is 2.37. The molecule has 0 unspecified atom stereocenters. The van der Waals surface area contributed by atoms with Crippen LogP contribution >= 0.6 is 11.3 Å². The minimum atomic E-state index is -0.134. The highest BCUT2D eigenvalue weighted by molar-refractivity contribution is 7.08. The van der Waals surface area contributed by atoms with E-state index < -0.39 is 0 Å². The van der Waals surface area contributed by atoms with Gasteiger partial charge in [-0.3, -0.25) is 14.7 Å². The number of thiophene rings is 1. The lowest BCUT2D eigenvalue weighted by molar-refractivity contribution is -0.139. The molecule has 0 aromatic carbocycles. The third-order valence-electron chi connectivity index (χ3n) is 4.29. The second-order valence-corrected chi connectivity index (χ2v) is 6.51. The number of carbonyl (C=O) groups is 2. The van der Waals surface area contributed by atoms with Crippen LogP contribution in [0.3, 0.4) is 0 Å². The number of rotatable bonds is 2. The molecule has 0 aliphatic carbocycles. The molecule has 4 rings (SSSR count). The Morgan fingerprint density at radius 1 is 1.48 bits per heavy atom. The Kier molecular flexibility index (Phi) is 3.62. The Labute approximate surface area is 136 Å². The minimum absolute atomic E-state index is 0.00237. The maximum absolute atomic E-state index is 12.8. The number of ether oxygens (including phenoxy) is 1. The Morgan fingerprint density at radius 2 is 2.39 bits per heavy atom. The summed E-state index contributed by atoms with van der Waals surface area (Å²) >= 11 is 1.57. The quantitative estimate of drug-likeness (QED) is 0.854. The van der Waals surface area contributed by atoms with Gasteiger partial charge in [-0.25, -0.2) is 0 Å². The molecule has 2 aromatic rings. The van der Waals surface area contributed by atoms with Crippen molar-refractivity contribution in [3.05, 3.63) is 28.6 Å². The molecule has 2 amide bonds. The molecule has 0 spiro atoms. The minimum Gasteiger partial charge on any atom is -0.366 e. The van der Waals surface area contributed by atoms with E-state index in [-0.39, 0.29) is 30.6 Å². The van der Waals surface area contributed by atoms with Gasteiger partial charge in [0.15, 0.2) is 0 Å². The summed E-state index contributed by atoms with van der Waals surface area (Å²) in [5, 5.41) is 13.8. The van der Waals surface area contributed by atoms with Gasteiger partial charge in [0.05, 0.1) is 29.6 Å². The second kappa shape index (κ2) is 5.78. The first-order valence-corrected chi connectivity index (χ1v) is 8.43. The van der Waals surface area contributed by atoms with Crippen LogP contribution in [-0.2, 0) is 9.53 Å². The molecule has 7 nitrogen and oxygen atoms in total. The molecule has 4 heterocycles. The van der Waals surface area contributed by atoms with Crippen LogP contribution in [0.2, 0.25) is 0 Å². The van der Waals surface area contributed by atoms with Gasteiger partial charge < -0.3 is 15.0 Å². The molecule has 2 aliphatic heterocycles. The number of aromatic nitrogens is 2. The maximum Gasteiger partial charge on any atom is 0.257 e. The summed E-state index contributed by atoms with van der Waals surface area (Å²) in [6.45, 7) is 1.19. The predicted molar refractivity (Wildman–Crippen MR) is 84.1 cm³/mol. The Hall–Kier alpha value is -2.19. The molecule has 23 heavy (non-hydrogen) atoms. The molecule has 8 heteroatoms. The fourth-order valence-electron chi connectivity index (χ4n) is 3.13. The number of piperidine rings is 1. The van der Waals surface area contributed by atoms with Crippen molar-refractivity contribution in [3.8, 4) is 11.3 Å². The number of carbonyl (C=O) groups excluding carboxylic acids is 2. The van der Waals surface area contributed by atoms with Crippen LogP contribution < -0.4 is 5.32 Å². The van der Waals surface area contributed by atoms with Crippen LogP contribution in [0.4, 0.5) is 0 Å². The van der Waals surface area contributed by atoms with E-state index in [1.165, 1.54) is 0 Å². The highest BCUT2D eigenvalue weighted by atomic mass is 32.1. The third-order valence-corrected chi connectivity index (χ3v) is 4.97. The zero-order valence-corrected chi connectivity index (χ0v) is 13.1. The average molecular weight is 332 g/mol. The van der Waals surface area contributed by atoms with Crippen LogP contribution in [0.15, 0.2) is 23.0 Å². The highest BCUT2D eigenvalue weighted by Crippen LogP contribution is 2.26. The first-order valence-electron chi connectivity index (χ1n) is 7.48. The molecule has 2 saturated heterocycles. The number of hydrogen-bond donors (Lipinski definition) is 2. The maximum atomic E-state index is 12.8. The smallest absolute Gasteiger partial charge is 0.257 e. The lowest BCUT2D eigenvalue weighted by atomic mass is 9.99. The van der Waals surface area contributed by atoms with E-state index in [9.17, 15) is 9.59 Å². The van der Waals surface area contributed by atoms with E-state index in [2.05, 4.69) is 15.5 Å². The average Bonchev–Trinajstić information content (AvgIpc) is 3.24. The fraction of sp³-hybridized carbons (Fsp3) is 0.400. The summed E-state index contributed by atoms with van der Waals surface area (Å²) < 4.78 is 5.53. The fourth-order valence-corrected chi connectivity index (χ4v) is 3.78. The van der Waals surface area contributed by atoms with Crippen molar-refractivity contribution in [1.82, 2.24) is 20.4 Å². The standard InChI is InChI=1S/C15H16N4O3S/c20-13-7-22-12-1-3-19(6-11(12)17-13)15(21)10-5-16-18-14(10)9-2-4-23-8-9/h2,4-5,8,11-12H,1,3,6-7H2,(H,16,18)(H,17,20)/t11-,12+/m0/s1. The second-order valence-electron chi connectivity index (χ2n) is 5.73. The number of amides is 2. The molecule has 2 aliphatic rings. The van der Waals surface area contributed by atoms with Crippen LogP contribution in [0.5, 0.6) is 0 Å². The number of fused-ring (bicyclic) bond motifs is 1. The van der Waals surface area contributed by atoms with Crippen LogP contribution in [-0.4, -0.2) is 58.8 Å². The van der Waals surface area contributed by atoms with E-state index in [4.69, 9.17) is 4.74 Å². The van der Waals surface area contributed by atoms with E-state index in [0.717, 1.165) is 17.7 Å². The van der Waals surface area contributed by atoms with Crippen molar-refractivity contribution in [1.29, 1.82) is 0 Å². The Bertz CT molecular complexity index is 727. The van der Waals surface area contributed by atoms with E-state index in [1.54, 1.807) is 22.4 Å². The summed E-state index contributed by atoms with van der Waals surface area (Å²) in [7, 11) is 0. The van der Waals surface area contributed by atoms with Crippen molar-refractivity contribution in [2.24, 2.45) is 0 Å². The molecular weight excluding hydrogens is 316 g/mol. The van der Waals surface area contributed by atoms with Gasteiger partial charge in [0.25, 0.3) is 5.91 Å². The van der Waals surface area contributed by atoms with Crippen molar-refractivity contribution in [2.45, 2.75) is 18.6 Å². The summed E-state index contributed by atoms with van der Waals surface area (Å²) in [4.78, 5) is 26.1. The molecule has 2 fully saturated rings. The molecule has 2 atom stereocenters. The number of nitrogens with zero attached hydrogens (tertiary/aromatic N) is 2. The van der Waals surface area contributed by atoms with Crippen molar-refractivity contribution < 1.29 is 14.3 Å². The molecule has 2 N–H and O–H groups in total. The van der Waals surface area contributed by atoms with Gasteiger partial charge in [-0.2, -0.15) is 16.4 Å². The Balaban J connectivity index is 1.54. The number of nitrogens with one attached hydrogen (secondary N) is 2.